The number of nitrogens with zero attached hydrogens (tertiary/aromatic N) is 1. The Morgan fingerprint density at radius 2 is 1.77 bits per heavy atom. The highest BCUT2D eigenvalue weighted by atomic mass is 35.5. The molecule has 0 aliphatic rings. The first kappa shape index (κ1) is 16.6. The summed E-state index contributed by atoms with van der Waals surface area (Å²) in [7, 11) is 0. The quantitative estimate of drug-likeness (QED) is 0.873. The molecule has 22 heavy (non-hydrogen) atoms. The molecule has 0 aliphatic carbocycles. The van der Waals surface area contributed by atoms with Crippen molar-refractivity contribution in [3.63, 3.8) is 0 Å². The Hall–Kier alpha value is -1.79. The highest BCUT2D eigenvalue weighted by molar-refractivity contribution is 6.37. The molecular formula is C14H8Cl2F3NO2. The second-order valence-electron chi connectivity index (χ2n) is 4.39. The number of carbonyl (C=O) groups is 1. The van der Waals surface area contributed by atoms with Crippen LogP contribution >= 0.6 is 23.2 Å². The fraction of sp³-hybridized carbons (Fsp3) is 0.143. The van der Waals surface area contributed by atoms with E-state index >= 15 is 0 Å². The highest BCUT2D eigenvalue weighted by Crippen LogP contribution is 2.35. The number of carboxylic acids is 1. The fourth-order valence-corrected chi connectivity index (χ4v) is 2.42. The van der Waals surface area contributed by atoms with Gasteiger partial charge in [0.1, 0.15) is 0 Å². The molecule has 0 bridgehead atoms. The van der Waals surface area contributed by atoms with E-state index in [0.29, 0.717) is 5.56 Å². The van der Waals surface area contributed by atoms with E-state index in [1.54, 1.807) is 0 Å². The lowest BCUT2D eigenvalue weighted by atomic mass is 10.1. The number of pyridine rings is 1. The van der Waals surface area contributed by atoms with Crippen molar-refractivity contribution in [2.24, 2.45) is 0 Å². The molecule has 0 saturated carbocycles. The molecule has 0 aliphatic heterocycles. The maximum atomic E-state index is 12.5. The van der Waals surface area contributed by atoms with Crippen LogP contribution in [0.15, 0.2) is 30.5 Å². The zero-order chi connectivity index (χ0) is 16.5. The van der Waals surface area contributed by atoms with Gasteiger partial charge in [-0.2, -0.15) is 13.2 Å². The van der Waals surface area contributed by atoms with Crippen LogP contribution in [0.1, 0.15) is 11.1 Å². The largest absolute Gasteiger partial charge is 0.481 e. The molecule has 1 heterocycles. The smallest absolute Gasteiger partial charge is 0.416 e. The van der Waals surface area contributed by atoms with Crippen molar-refractivity contribution in [1.82, 2.24) is 4.98 Å². The van der Waals surface area contributed by atoms with Crippen LogP contribution in [0.3, 0.4) is 0 Å². The molecule has 0 spiro atoms. The van der Waals surface area contributed by atoms with Gasteiger partial charge in [0.25, 0.3) is 0 Å². The van der Waals surface area contributed by atoms with Crippen LogP contribution < -0.4 is 0 Å². The number of hydrogen-bond donors (Lipinski definition) is 1. The summed E-state index contributed by atoms with van der Waals surface area (Å²) in [5, 5.41) is 8.94. The Labute approximate surface area is 133 Å². The van der Waals surface area contributed by atoms with Crippen LogP contribution in [0, 0.1) is 0 Å². The minimum absolute atomic E-state index is 0.00894. The second kappa shape index (κ2) is 6.14. The van der Waals surface area contributed by atoms with Gasteiger partial charge in [0.05, 0.1) is 27.7 Å². The summed E-state index contributed by atoms with van der Waals surface area (Å²) in [5.74, 6) is -1.13. The fourth-order valence-electron chi connectivity index (χ4n) is 1.84. The van der Waals surface area contributed by atoms with Gasteiger partial charge in [-0.3, -0.25) is 9.78 Å². The molecule has 0 fully saturated rings. The molecule has 0 amide bonds. The highest BCUT2D eigenvalue weighted by Gasteiger charge is 2.30. The SMILES string of the molecule is O=C(O)Cc1c(Cl)cnc(-c2ccc(C(F)(F)F)cc2)c1Cl. The molecule has 0 atom stereocenters. The van der Waals surface area contributed by atoms with Crippen molar-refractivity contribution in [2.45, 2.75) is 12.6 Å². The maximum Gasteiger partial charge on any atom is 0.416 e. The number of alkyl halides is 3. The lowest BCUT2D eigenvalue weighted by Crippen LogP contribution is -2.05. The molecular weight excluding hydrogens is 342 g/mol. The van der Waals surface area contributed by atoms with Crippen LogP contribution in [-0.4, -0.2) is 16.1 Å². The van der Waals surface area contributed by atoms with E-state index in [2.05, 4.69) is 4.98 Å². The van der Waals surface area contributed by atoms with Crippen LogP contribution in [-0.2, 0) is 17.4 Å². The van der Waals surface area contributed by atoms with Crippen LogP contribution in [0.2, 0.25) is 10.0 Å². The third kappa shape index (κ3) is 3.51. The van der Waals surface area contributed by atoms with Gasteiger partial charge in [-0.1, -0.05) is 35.3 Å². The normalized spacial score (nSPS) is 11.5. The van der Waals surface area contributed by atoms with Crippen molar-refractivity contribution in [1.29, 1.82) is 0 Å². The molecule has 0 saturated heterocycles. The summed E-state index contributed by atoms with van der Waals surface area (Å²) < 4.78 is 37.6. The van der Waals surface area contributed by atoms with Crippen LogP contribution in [0.4, 0.5) is 13.2 Å². The summed E-state index contributed by atoms with van der Waals surface area (Å²) in [4.78, 5) is 14.8. The Morgan fingerprint density at radius 3 is 2.27 bits per heavy atom. The number of hydrogen-bond acceptors (Lipinski definition) is 2. The van der Waals surface area contributed by atoms with E-state index in [-0.39, 0.29) is 21.3 Å². The van der Waals surface area contributed by atoms with Crippen molar-refractivity contribution in [2.75, 3.05) is 0 Å². The molecule has 1 aromatic heterocycles. The zero-order valence-corrected chi connectivity index (χ0v) is 12.3. The first-order chi connectivity index (χ1) is 10.2. The van der Waals surface area contributed by atoms with Gasteiger partial charge in [0, 0.05) is 17.3 Å². The van der Waals surface area contributed by atoms with E-state index < -0.39 is 24.1 Å². The number of carboxylic acid groups (broad SMARTS) is 1. The predicted octanol–water partition coefficient (Wildman–Crippen LogP) is 4.70. The second-order valence-corrected chi connectivity index (χ2v) is 5.18. The third-order valence-corrected chi connectivity index (χ3v) is 3.61. The average Bonchev–Trinajstić information content (AvgIpc) is 2.42. The molecule has 1 aromatic carbocycles. The Kier molecular flexibility index (Phi) is 4.63. The first-order valence-corrected chi connectivity index (χ1v) is 6.68. The molecule has 1 N–H and O–H groups in total. The number of aliphatic carboxylic acids is 1. The summed E-state index contributed by atoms with van der Waals surface area (Å²) >= 11 is 11.9. The lowest BCUT2D eigenvalue weighted by Gasteiger charge is -2.11. The molecule has 3 nitrogen and oxygen atoms in total. The zero-order valence-electron chi connectivity index (χ0n) is 10.8. The number of rotatable bonds is 3. The van der Waals surface area contributed by atoms with Gasteiger partial charge in [-0.25, -0.2) is 0 Å². The van der Waals surface area contributed by atoms with E-state index in [1.165, 1.54) is 18.3 Å². The third-order valence-electron chi connectivity index (χ3n) is 2.88. The lowest BCUT2D eigenvalue weighted by molar-refractivity contribution is -0.138. The van der Waals surface area contributed by atoms with Crippen LogP contribution in [0.25, 0.3) is 11.3 Å². The summed E-state index contributed by atoms with van der Waals surface area (Å²) in [5.41, 5.74) is -0.120. The Bertz CT molecular complexity index is 715. The van der Waals surface area contributed by atoms with Gasteiger partial charge in [-0.05, 0) is 12.1 Å². The first-order valence-electron chi connectivity index (χ1n) is 5.92. The van der Waals surface area contributed by atoms with Crippen LogP contribution in [0.5, 0.6) is 0 Å². The Balaban J connectivity index is 2.47. The van der Waals surface area contributed by atoms with Gasteiger partial charge in [0.15, 0.2) is 0 Å². The molecule has 116 valence electrons. The Morgan fingerprint density at radius 1 is 1.18 bits per heavy atom. The number of benzene rings is 1. The standard InChI is InChI=1S/C14H8Cl2F3NO2/c15-10-6-20-13(12(16)9(10)5-11(21)22)7-1-3-8(4-2-7)14(17,18)19/h1-4,6H,5H2,(H,21,22). The average molecular weight is 350 g/mol. The number of aromatic nitrogens is 1. The van der Waals surface area contributed by atoms with Crippen molar-refractivity contribution in [3.8, 4) is 11.3 Å². The summed E-state index contributed by atoms with van der Waals surface area (Å²) in [6.45, 7) is 0. The van der Waals surface area contributed by atoms with E-state index in [4.69, 9.17) is 28.3 Å². The molecule has 8 heteroatoms. The van der Waals surface area contributed by atoms with Gasteiger partial charge >= 0.3 is 12.1 Å². The predicted molar refractivity (Wildman–Crippen MR) is 76.0 cm³/mol. The minimum atomic E-state index is -4.44. The van der Waals surface area contributed by atoms with Gasteiger partial charge in [0.2, 0.25) is 0 Å². The topological polar surface area (TPSA) is 50.2 Å². The maximum absolute atomic E-state index is 12.5. The van der Waals surface area contributed by atoms with Crippen molar-refractivity contribution in [3.05, 3.63) is 51.6 Å². The molecule has 2 aromatic rings. The summed E-state index contributed by atoms with van der Waals surface area (Å²) in [6.07, 6.45) is -3.63. The van der Waals surface area contributed by atoms with Crippen molar-refractivity contribution < 1.29 is 23.1 Å². The van der Waals surface area contributed by atoms with Gasteiger partial charge < -0.3 is 5.11 Å². The van der Waals surface area contributed by atoms with E-state index in [1.807, 2.05) is 0 Å². The molecule has 2 rings (SSSR count). The van der Waals surface area contributed by atoms with Gasteiger partial charge in [-0.15, -0.1) is 0 Å². The molecule has 0 unspecified atom stereocenters. The van der Waals surface area contributed by atoms with Crippen molar-refractivity contribution >= 4 is 29.2 Å². The van der Waals surface area contributed by atoms with E-state index in [0.717, 1.165) is 12.1 Å². The summed E-state index contributed by atoms with van der Waals surface area (Å²) in [6, 6.07) is 4.24. The minimum Gasteiger partial charge on any atom is -0.481 e. The molecule has 0 radical (unpaired) electrons. The van der Waals surface area contributed by atoms with E-state index in [9.17, 15) is 18.0 Å². The number of halogens is 5. The monoisotopic (exact) mass is 349 g/mol.